The molecule has 1 saturated carbocycles. The van der Waals surface area contributed by atoms with E-state index in [1.165, 1.54) is 40.7 Å². The Morgan fingerprint density at radius 3 is 2.50 bits per heavy atom. The average molecular weight is 436 g/mol. The lowest BCUT2D eigenvalue weighted by Crippen LogP contribution is -2.40. The minimum Gasteiger partial charge on any atom is -0.296 e. The Morgan fingerprint density at radius 2 is 1.80 bits per heavy atom. The first-order chi connectivity index (χ1) is 14.3. The molecule has 0 N–H and O–H groups in total. The molecule has 8 nitrogen and oxygen atoms in total. The molecular formula is C21H33N5O3S. The summed E-state index contributed by atoms with van der Waals surface area (Å²) in [6.45, 7) is 3.58. The van der Waals surface area contributed by atoms with Crippen molar-refractivity contribution in [3.8, 4) is 0 Å². The zero-order chi connectivity index (χ0) is 21.5. The van der Waals surface area contributed by atoms with E-state index in [-0.39, 0.29) is 11.8 Å². The van der Waals surface area contributed by atoms with E-state index < -0.39 is 10.2 Å². The third-order valence-corrected chi connectivity index (χ3v) is 8.73. The van der Waals surface area contributed by atoms with Crippen molar-refractivity contribution in [3.05, 3.63) is 17.1 Å². The molecule has 0 bridgehead atoms. The van der Waals surface area contributed by atoms with E-state index in [9.17, 15) is 13.2 Å². The van der Waals surface area contributed by atoms with Gasteiger partial charge >= 0.3 is 0 Å². The van der Waals surface area contributed by atoms with Crippen molar-refractivity contribution in [1.29, 1.82) is 0 Å². The molecule has 1 aliphatic carbocycles. The molecular weight excluding hydrogens is 402 g/mol. The first kappa shape index (κ1) is 21.6. The van der Waals surface area contributed by atoms with Crippen molar-refractivity contribution < 1.29 is 13.2 Å². The van der Waals surface area contributed by atoms with Gasteiger partial charge in [-0.05, 0) is 38.5 Å². The summed E-state index contributed by atoms with van der Waals surface area (Å²) in [6, 6.07) is 0. The Hall–Kier alpha value is -1.58. The van der Waals surface area contributed by atoms with E-state index in [0.717, 1.165) is 23.6 Å². The first-order valence-electron chi connectivity index (χ1n) is 11.1. The van der Waals surface area contributed by atoms with E-state index in [4.69, 9.17) is 9.97 Å². The topological polar surface area (TPSA) is 86.7 Å². The molecule has 166 valence electrons. The smallest absolute Gasteiger partial charge is 0.281 e. The maximum atomic E-state index is 12.8. The predicted molar refractivity (Wildman–Crippen MR) is 116 cm³/mol. The van der Waals surface area contributed by atoms with Crippen molar-refractivity contribution >= 4 is 21.9 Å². The highest BCUT2D eigenvalue weighted by molar-refractivity contribution is 7.86. The lowest BCUT2D eigenvalue weighted by Gasteiger charge is -2.33. The second-order valence-electron chi connectivity index (χ2n) is 9.11. The fourth-order valence-electron chi connectivity index (χ4n) is 4.98. The van der Waals surface area contributed by atoms with Gasteiger partial charge in [-0.2, -0.15) is 17.0 Å². The summed E-state index contributed by atoms with van der Waals surface area (Å²) in [5.41, 5.74) is 2.00. The quantitative estimate of drug-likeness (QED) is 0.708. The number of nitrogens with zero attached hydrogens (tertiary/aromatic N) is 5. The van der Waals surface area contributed by atoms with E-state index in [1.807, 2.05) is 11.8 Å². The predicted octanol–water partition coefficient (Wildman–Crippen LogP) is 2.24. The van der Waals surface area contributed by atoms with E-state index >= 15 is 0 Å². The number of aryl methyl sites for hydroxylation is 1. The number of fused-ring (bicyclic) bond motifs is 1. The summed E-state index contributed by atoms with van der Waals surface area (Å²) >= 11 is 0. The van der Waals surface area contributed by atoms with Crippen molar-refractivity contribution in [2.24, 2.45) is 5.92 Å². The zero-order valence-corrected chi connectivity index (χ0v) is 19.1. The molecule has 30 heavy (non-hydrogen) atoms. The summed E-state index contributed by atoms with van der Waals surface area (Å²) < 4.78 is 27.7. The summed E-state index contributed by atoms with van der Waals surface area (Å²) in [6.07, 6.45) is 8.03. The number of carbonyl (C=O) groups is 1. The molecule has 1 atom stereocenters. The van der Waals surface area contributed by atoms with Crippen LogP contribution in [0, 0.1) is 12.8 Å². The molecule has 0 radical (unpaired) electrons. The maximum Gasteiger partial charge on any atom is 0.281 e. The van der Waals surface area contributed by atoms with Crippen LogP contribution >= 0.6 is 0 Å². The van der Waals surface area contributed by atoms with Crippen LogP contribution in [0.15, 0.2) is 0 Å². The molecule has 0 aromatic carbocycles. The van der Waals surface area contributed by atoms with Gasteiger partial charge in [-0.15, -0.1) is 0 Å². The number of hydrogen-bond donors (Lipinski definition) is 0. The number of hydrogen-bond acceptors (Lipinski definition) is 5. The van der Waals surface area contributed by atoms with Crippen LogP contribution < -0.4 is 4.90 Å². The lowest BCUT2D eigenvalue weighted by atomic mass is 9.88. The van der Waals surface area contributed by atoms with Gasteiger partial charge in [0.1, 0.15) is 11.6 Å². The van der Waals surface area contributed by atoms with E-state index in [0.29, 0.717) is 44.1 Å². The summed E-state index contributed by atoms with van der Waals surface area (Å²) in [5.74, 6) is 2.09. The van der Waals surface area contributed by atoms with Gasteiger partial charge in [0, 0.05) is 57.3 Å². The molecule has 4 rings (SSSR count). The molecule has 1 aromatic heterocycles. The van der Waals surface area contributed by atoms with E-state index in [1.54, 1.807) is 14.1 Å². The largest absolute Gasteiger partial charge is 0.296 e. The molecule has 1 saturated heterocycles. The second-order valence-corrected chi connectivity index (χ2v) is 11.3. The van der Waals surface area contributed by atoms with Crippen molar-refractivity contribution in [2.45, 2.75) is 64.2 Å². The molecule has 1 amide bonds. The molecule has 3 heterocycles. The zero-order valence-electron chi connectivity index (χ0n) is 18.3. The number of anilines is 1. The molecule has 0 unspecified atom stereocenters. The van der Waals surface area contributed by atoms with Gasteiger partial charge in [-0.25, -0.2) is 9.97 Å². The van der Waals surface area contributed by atoms with Crippen LogP contribution in [0.5, 0.6) is 0 Å². The van der Waals surface area contributed by atoms with Gasteiger partial charge in [-0.3, -0.25) is 9.69 Å². The van der Waals surface area contributed by atoms with Crippen LogP contribution in [0.1, 0.15) is 67.9 Å². The van der Waals surface area contributed by atoms with Gasteiger partial charge in [0.05, 0.1) is 0 Å². The molecule has 9 heteroatoms. The number of carbonyl (C=O) groups excluding carboxylic acids is 1. The number of rotatable bonds is 5. The molecule has 2 aliphatic heterocycles. The van der Waals surface area contributed by atoms with E-state index in [2.05, 4.69) is 0 Å². The van der Waals surface area contributed by atoms with Crippen LogP contribution in [0.25, 0.3) is 0 Å². The number of aromatic nitrogens is 2. The van der Waals surface area contributed by atoms with Crippen LogP contribution in [0.2, 0.25) is 0 Å². The third kappa shape index (κ3) is 4.11. The normalized spacial score (nSPS) is 23.9. The lowest BCUT2D eigenvalue weighted by molar-refractivity contribution is -0.119. The number of amides is 1. The fraction of sp³-hybridized carbons (Fsp3) is 0.762. The third-order valence-electron chi connectivity index (χ3n) is 6.82. The molecule has 1 aromatic rings. The van der Waals surface area contributed by atoms with Gasteiger partial charge in [-0.1, -0.05) is 19.3 Å². The highest BCUT2D eigenvalue weighted by Gasteiger charge is 2.36. The second kappa shape index (κ2) is 8.51. The van der Waals surface area contributed by atoms with Gasteiger partial charge in [0.25, 0.3) is 10.2 Å². The summed E-state index contributed by atoms with van der Waals surface area (Å²) in [5, 5.41) is 0. The molecule has 3 aliphatic rings. The van der Waals surface area contributed by atoms with Crippen LogP contribution in [0.3, 0.4) is 0 Å². The highest BCUT2D eigenvalue weighted by atomic mass is 32.2. The van der Waals surface area contributed by atoms with Crippen LogP contribution in [-0.4, -0.2) is 66.6 Å². The standard InChI is InChI=1S/C21H33N5O3S/c1-15-18-9-10-19(27)26(13-16-7-5-4-6-8-16)21(18)23-20(22-15)17-11-12-25(14-17)30(28,29)24(2)3/h16-17H,4-14H2,1-3H3/t17-/m1/s1. The Labute approximate surface area is 179 Å². The van der Waals surface area contributed by atoms with Crippen molar-refractivity contribution in [3.63, 3.8) is 0 Å². The Morgan fingerprint density at radius 1 is 1.07 bits per heavy atom. The minimum absolute atomic E-state index is 0.0442. The minimum atomic E-state index is -3.44. The molecule has 0 spiro atoms. The van der Waals surface area contributed by atoms with Gasteiger partial charge in [0.15, 0.2) is 0 Å². The van der Waals surface area contributed by atoms with Crippen LogP contribution in [-0.2, 0) is 21.4 Å². The Balaban J connectivity index is 1.60. The summed E-state index contributed by atoms with van der Waals surface area (Å²) in [7, 11) is -0.332. The fourth-order valence-corrected chi connectivity index (χ4v) is 6.15. The Bertz CT molecular complexity index is 911. The van der Waals surface area contributed by atoms with Gasteiger partial charge < -0.3 is 0 Å². The average Bonchev–Trinajstić information content (AvgIpc) is 3.22. The maximum absolute atomic E-state index is 12.8. The Kier molecular flexibility index (Phi) is 6.14. The van der Waals surface area contributed by atoms with Gasteiger partial charge in [0.2, 0.25) is 5.91 Å². The highest BCUT2D eigenvalue weighted by Crippen LogP contribution is 2.34. The SMILES string of the molecule is Cc1nc([C@@H]2CCN(S(=O)(=O)N(C)C)C2)nc2c1CCC(=O)N2CC1CCCCC1. The van der Waals surface area contributed by atoms with Crippen LogP contribution in [0.4, 0.5) is 5.82 Å². The first-order valence-corrected chi connectivity index (χ1v) is 12.5. The molecule has 2 fully saturated rings. The summed E-state index contributed by atoms with van der Waals surface area (Å²) in [4.78, 5) is 24.3. The monoisotopic (exact) mass is 435 g/mol. The van der Waals surface area contributed by atoms with Crippen molar-refractivity contribution in [1.82, 2.24) is 18.6 Å². The van der Waals surface area contributed by atoms with Crippen molar-refractivity contribution in [2.75, 3.05) is 38.6 Å².